The van der Waals surface area contributed by atoms with Gasteiger partial charge in [0, 0.05) is 30.6 Å². The van der Waals surface area contributed by atoms with Gasteiger partial charge in [0.2, 0.25) is 5.82 Å². The summed E-state index contributed by atoms with van der Waals surface area (Å²) in [4.78, 5) is 8.57. The summed E-state index contributed by atoms with van der Waals surface area (Å²) in [5, 5.41) is 6.91. The van der Waals surface area contributed by atoms with Gasteiger partial charge in [-0.1, -0.05) is 5.16 Å². The average molecular weight is 248 g/mol. The number of hydrogen-bond donors (Lipinski definition) is 1. The number of ether oxygens (including phenoxy) is 1. The molecule has 0 aromatic carbocycles. The summed E-state index contributed by atoms with van der Waals surface area (Å²) in [5.74, 6) is 0.559. The lowest BCUT2D eigenvalue weighted by atomic mass is 10.2. The molecule has 0 unspecified atom stereocenters. The highest BCUT2D eigenvalue weighted by atomic mass is 16.5. The Morgan fingerprint density at radius 2 is 1.94 bits per heavy atom. The van der Waals surface area contributed by atoms with E-state index in [2.05, 4.69) is 20.4 Å². The standard InChI is InChI=1S/C12H16N4O2/c1-8-6-10(7-9(2)14-8)11-15-12(18-16-11)13-4-5-17-3/h6-7H,4-5H2,1-3H3,(H,13,15,16). The Hall–Kier alpha value is -1.95. The van der Waals surface area contributed by atoms with Crippen LogP contribution in [0.5, 0.6) is 0 Å². The van der Waals surface area contributed by atoms with Crippen molar-refractivity contribution >= 4 is 6.01 Å². The number of aryl methyl sites for hydroxylation is 2. The van der Waals surface area contributed by atoms with E-state index in [1.54, 1.807) is 7.11 Å². The highest BCUT2D eigenvalue weighted by molar-refractivity contribution is 5.56. The van der Waals surface area contributed by atoms with Crippen LogP contribution in [0.1, 0.15) is 11.4 Å². The summed E-state index contributed by atoms with van der Waals surface area (Å²) in [6.07, 6.45) is 0. The zero-order valence-corrected chi connectivity index (χ0v) is 10.7. The van der Waals surface area contributed by atoms with Gasteiger partial charge in [0.15, 0.2) is 0 Å². The first kappa shape index (κ1) is 12.5. The van der Waals surface area contributed by atoms with Crippen LogP contribution in [-0.2, 0) is 4.74 Å². The van der Waals surface area contributed by atoms with Gasteiger partial charge >= 0.3 is 6.01 Å². The molecule has 0 aliphatic carbocycles. The molecule has 0 saturated heterocycles. The molecule has 0 fully saturated rings. The van der Waals surface area contributed by atoms with Crippen LogP contribution in [0.2, 0.25) is 0 Å². The van der Waals surface area contributed by atoms with Gasteiger partial charge in [-0.05, 0) is 26.0 Å². The van der Waals surface area contributed by atoms with Gasteiger partial charge in [-0.3, -0.25) is 4.98 Å². The van der Waals surface area contributed by atoms with E-state index in [1.807, 2.05) is 26.0 Å². The number of anilines is 1. The lowest BCUT2D eigenvalue weighted by Gasteiger charge is -1.99. The maximum atomic E-state index is 5.10. The first-order valence-electron chi connectivity index (χ1n) is 5.71. The Bertz CT molecular complexity index is 504. The van der Waals surface area contributed by atoms with Crippen LogP contribution in [0, 0.1) is 13.8 Å². The minimum Gasteiger partial charge on any atom is -0.383 e. The van der Waals surface area contributed by atoms with Crippen molar-refractivity contribution in [2.75, 3.05) is 25.6 Å². The Balaban J connectivity index is 2.13. The fourth-order valence-electron chi connectivity index (χ4n) is 1.64. The van der Waals surface area contributed by atoms with Crippen LogP contribution in [-0.4, -0.2) is 35.4 Å². The van der Waals surface area contributed by atoms with E-state index in [0.717, 1.165) is 17.0 Å². The Labute approximate surface area is 105 Å². The number of aromatic nitrogens is 3. The van der Waals surface area contributed by atoms with Crippen molar-refractivity contribution in [3.8, 4) is 11.4 Å². The molecule has 2 aromatic rings. The smallest absolute Gasteiger partial charge is 0.321 e. The van der Waals surface area contributed by atoms with E-state index in [9.17, 15) is 0 Å². The summed E-state index contributed by atoms with van der Waals surface area (Å²) < 4.78 is 10.0. The summed E-state index contributed by atoms with van der Waals surface area (Å²) in [5.41, 5.74) is 2.77. The van der Waals surface area contributed by atoms with Gasteiger partial charge in [0.25, 0.3) is 0 Å². The van der Waals surface area contributed by atoms with Crippen molar-refractivity contribution in [3.05, 3.63) is 23.5 Å². The predicted molar refractivity (Wildman–Crippen MR) is 67.4 cm³/mol. The third-order valence-electron chi connectivity index (χ3n) is 2.35. The molecule has 2 heterocycles. The first-order valence-corrected chi connectivity index (χ1v) is 5.71. The van der Waals surface area contributed by atoms with E-state index in [-0.39, 0.29) is 0 Å². The molecule has 0 radical (unpaired) electrons. The van der Waals surface area contributed by atoms with Gasteiger partial charge in [-0.2, -0.15) is 4.98 Å². The van der Waals surface area contributed by atoms with Gasteiger partial charge in [0.1, 0.15) is 0 Å². The highest BCUT2D eigenvalue weighted by Crippen LogP contribution is 2.18. The number of nitrogens with one attached hydrogen (secondary N) is 1. The van der Waals surface area contributed by atoms with Crippen molar-refractivity contribution in [2.24, 2.45) is 0 Å². The largest absolute Gasteiger partial charge is 0.383 e. The zero-order valence-electron chi connectivity index (χ0n) is 10.7. The summed E-state index contributed by atoms with van der Waals surface area (Å²) in [7, 11) is 1.64. The third-order valence-corrected chi connectivity index (χ3v) is 2.35. The fourth-order valence-corrected chi connectivity index (χ4v) is 1.64. The molecule has 6 nitrogen and oxygen atoms in total. The molecule has 6 heteroatoms. The number of nitrogens with zero attached hydrogens (tertiary/aromatic N) is 3. The quantitative estimate of drug-likeness (QED) is 0.813. The molecule has 2 rings (SSSR count). The Kier molecular flexibility index (Phi) is 3.88. The number of hydrogen-bond acceptors (Lipinski definition) is 6. The number of pyridine rings is 1. The number of rotatable bonds is 5. The molecule has 2 aromatic heterocycles. The van der Waals surface area contributed by atoms with Gasteiger partial charge in [-0.25, -0.2) is 0 Å². The van der Waals surface area contributed by atoms with Crippen molar-refractivity contribution in [1.29, 1.82) is 0 Å². The van der Waals surface area contributed by atoms with Crippen molar-refractivity contribution < 1.29 is 9.26 Å². The molecular weight excluding hydrogens is 232 g/mol. The van der Waals surface area contributed by atoms with E-state index in [4.69, 9.17) is 9.26 Å². The highest BCUT2D eigenvalue weighted by Gasteiger charge is 2.09. The first-order chi connectivity index (χ1) is 8.69. The average Bonchev–Trinajstić information content (AvgIpc) is 2.77. The summed E-state index contributed by atoms with van der Waals surface area (Å²) in [6, 6.07) is 4.25. The second-order valence-electron chi connectivity index (χ2n) is 3.98. The van der Waals surface area contributed by atoms with Crippen LogP contribution in [0.25, 0.3) is 11.4 Å². The molecule has 18 heavy (non-hydrogen) atoms. The molecular formula is C12H16N4O2. The number of methoxy groups -OCH3 is 1. The normalized spacial score (nSPS) is 10.6. The molecule has 0 saturated carbocycles. The van der Waals surface area contributed by atoms with Gasteiger partial charge in [-0.15, -0.1) is 0 Å². The molecule has 0 bridgehead atoms. The van der Waals surface area contributed by atoms with Crippen LogP contribution < -0.4 is 5.32 Å². The van der Waals surface area contributed by atoms with E-state index >= 15 is 0 Å². The van der Waals surface area contributed by atoms with Crippen LogP contribution in [0.3, 0.4) is 0 Å². The second kappa shape index (κ2) is 5.59. The van der Waals surface area contributed by atoms with Crippen LogP contribution in [0.15, 0.2) is 16.7 Å². The molecule has 0 atom stereocenters. The fraction of sp³-hybridized carbons (Fsp3) is 0.417. The molecule has 0 aliphatic heterocycles. The lowest BCUT2D eigenvalue weighted by molar-refractivity contribution is 0.210. The van der Waals surface area contributed by atoms with Crippen molar-refractivity contribution in [1.82, 2.24) is 15.1 Å². The monoisotopic (exact) mass is 248 g/mol. The molecule has 1 N–H and O–H groups in total. The molecule has 0 aliphatic rings. The van der Waals surface area contributed by atoms with Crippen molar-refractivity contribution in [2.45, 2.75) is 13.8 Å². The Morgan fingerprint density at radius 1 is 1.22 bits per heavy atom. The van der Waals surface area contributed by atoms with E-state index in [0.29, 0.717) is 25.0 Å². The third kappa shape index (κ3) is 3.04. The molecule has 0 amide bonds. The molecule has 0 spiro atoms. The zero-order chi connectivity index (χ0) is 13.0. The molecule has 96 valence electrons. The van der Waals surface area contributed by atoms with E-state index < -0.39 is 0 Å². The van der Waals surface area contributed by atoms with Crippen LogP contribution >= 0.6 is 0 Å². The maximum absolute atomic E-state index is 5.10. The minimum atomic E-state index is 0.397. The maximum Gasteiger partial charge on any atom is 0.321 e. The predicted octanol–water partition coefficient (Wildman–Crippen LogP) is 1.81. The minimum absolute atomic E-state index is 0.397. The topological polar surface area (TPSA) is 73.1 Å². The second-order valence-corrected chi connectivity index (χ2v) is 3.98. The lowest BCUT2D eigenvalue weighted by Crippen LogP contribution is -2.07. The van der Waals surface area contributed by atoms with Gasteiger partial charge in [0.05, 0.1) is 6.61 Å². The Morgan fingerprint density at radius 3 is 2.61 bits per heavy atom. The SMILES string of the molecule is COCCNc1nc(-c2cc(C)nc(C)c2)no1. The van der Waals surface area contributed by atoms with E-state index in [1.165, 1.54) is 0 Å². The summed E-state index contributed by atoms with van der Waals surface area (Å²) >= 11 is 0. The van der Waals surface area contributed by atoms with Gasteiger partial charge < -0.3 is 14.6 Å². The van der Waals surface area contributed by atoms with Crippen LogP contribution in [0.4, 0.5) is 6.01 Å². The summed E-state index contributed by atoms with van der Waals surface area (Å²) in [6.45, 7) is 5.10. The van der Waals surface area contributed by atoms with Crippen molar-refractivity contribution in [3.63, 3.8) is 0 Å².